The molecule has 0 fully saturated rings. The normalized spacial score (nSPS) is 12.5. The maximum Gasteiger partial charge on any atom is 0.328 e. The first-order valence-corrected chi connectivity index (χ1v) is 6.80. The molecule has 0 aromatic heterocycles. The number of urea groups is 1. The van der Waals surface area contributed by atoms with Crippen LogP contribution >= 0.6 is 0 Å². The van der Waals surface area contributed by atoms with Crippen LogP contribution in [0.15, 0.2) is 30.3 Å². The number of aryl methyl sites for hydroxylation is 1. The molecule has 0 aliphatic rings. The van der Waals surface area contributed by atoms with Crippen LogP contribution in [0.5, 0.6) is 0 Å². The number of carboxylic acid groups (broad SMARTS) is 1. The zero-order chi connectivity index (χ0) is 15.9. The summed E-state index contributed by atoms with van der Waals surface area (Å²) in [5.74, 6) is -1.27. The van der Waals surface area contributed by atoms with E-state index in [2.05, 4.69) is 10.6 Å². The minimum atomic E-state index is -1.30. The van der Waals surface area contributed by atoms with Gasteiger partial charge in [-0.3, -0.25) is 0 Å². The zero-order valence-electron chi connectivity index (χ0n) is 12.3. The summed E-state index contributed by atoms with van der Waals surface area (Å²) < 4.78 is 0. The van der Waals surface area contributed by atoms with Crippen LogP contribution in [-0.4, -0.2) is 40.4 Å². The van der Waals surface area contributed by atoms with Crippen LogP contribution < -0.4 is 10.6 Å². The average molecular weight is 294 g/mol. The number of aliphatic carboxylic acids is 1. The fourth-order valence-corrected chi connectivity index (χ4v) is 1.85. The van der Waals surface area contributed by atoms with Crippen molar-refractivity contribution in [1.82, 2.24) is 10.6 Å². The van der Waals surface area contributed by atoms with Gasteiger partial charge in [-0.15, -0.1) is 0 Å². The van der Waals surface area contributed by atoms with E-state index in [1.165, 1.54) is 5.56 Å². The molecule has 116 valence electrons. The van der Waals surface area contributed by atoms with Gasteiger partial charge in [0.15, 0.2) is 6.04 Å². The zero-order valence-corrected chi connectivity index (χ0v) is 12.3. The Morgan fingerprint density at radius 2 is 1.86 bits per heavy atom. The highest BCUT2D eigenvalue weighted by Gasteiger charge is 2.24. The summed E-state index contributed by atoms with van der Waals surface area (Å²) in [6.45, 7) is 3.08. The Hall–Kier alpha value is -2.08. The van der Waals surface area contributed by atoms with Gasteiger partial charge in [-0.2, -0.15) is 0 Å². The van der Waals surface area contributed by atoms with Gasteiger partial charge in [0.2, 0.25) is 0 Å². The van der Waals surface area contributed by atoms with Crippen LogP contribution in [0.25, 0.3) is 0 Å². The molecular formula is C15H22N2O4. The Kier molecular flexibility index (Phi) is 6.17. The van der Waals surface area contributed by atoms with E-state index in [1.807, 2.05) is 44.2 Å². The number of amides is 2. The third kappa shape index (κ3) is 6.27. The lowest BCUT2D eigenvalue weighted by Gasteiger charge is -2.27. The first-order chi connectivity index (χ1) is 9.84. The fraction of sp³-hybridized carbons (Fsp3) is 0.467. The molecule has 6 heteroatoms. The maximum absolute atomic E-state index is 11.7. The summed E-state index contributed by atoms with van der Waals surface area (Å²) in [5, 5.41) is 22.6. The predicted molar refractivity (Wildman–Crippen MR) is 79.0 cm³/mol. The van der Waals surface area contributed by atoms with E-state index in [0.717, 1.165) is 6.42 Å². The van der Waals surface area contributed by atoms with Crippen LogP contribution in [0.1, 0.15) is 25.8 Å². The van der Waals surface area contributed by atoms with E-state index in [9.17, 15) is 9.59 Å². The predicted octanol–water partition coefficient (Wildman–Crippen LogP) is 1.14. The summed E-state index contributed by atoms with van der Waals surface area (Å²) in [6.07, 6.45) is 1.51. The molecule has 0 saturated carbocycles. The Morgan fingerprint density at radius 1 is 1.24 bits per heavy atom. The number of nitrogens with one attached hydrogen (secondary N) is 2. The number of carbonyl (C=O) groups excluding carboxylic acids is 1. The Bertz CT molecular complexity index is 474. The first kappa shape index (κ1) is 17.0. The molecular weight excluding hydrogens is 272 g/mol. The van der Waals surface area contributed by atoms with Gasteiger partial charge in [0.05, 0.1) is 6.61 Å². The molecule has 0 aliphatic carbocycles. The van der Waals surface area contributed by atoms with E-state index in [1.54, 1.807) is 0 Å². The monoisotopic (exact) mass is 294 g/mol. The molecule has 4 N–H and O–H groups in total. The largest absolute Gasteiger partial charge is 0.480 e. The van der Waals surface area contributed by atoms with Gasteiger partial charge < -0.3 is 20.8 Å². The van der Waals surface area contributed by atoms with E-state index >= 15 is 0 Å². The van der Waals surface area contributed by atoms with Crippen LogP contribution in [0.4, 0.5) is 4.79 Å². The number of benzene rings is 1. The fourth-order valence-electron chi connectivity index (χ4n) is 1.85. The maximum atomic E-state index is 11.7. The lowest BCUT2D eigenvalue weighted by atomic mass is 9.95. The van der Waals surface area contributed by atoms with E-state index in [4.69, 9.17) is 10.2 Å². The lowest BCUT2D eigenvalue weighted by Crippen LogP contribution is -2.53. The topological polar surface area (TPSA) is 98.7 Å². The summed E-state index contributed by atoms with van der Waals surface area (Å²) in [6, 6.07) is 8.00. The standard InChI is InChI=1S/C15H22N2O4/c1-15(2,9-8-11-6-4-3-5-7-11)17-14(21)16-12(10-18)13(19)20/h3-7,12,18H,8-10H2,1-2H3,(H,19,20)(H2,16,17,21)/t12-/m1/s1. The number of hydrogen-bond donors (Lipinski definition) is 4. The summed E-state index contributed by atoms with van der Waals surface area (Å²) in [5.41, 5.74) is 0.685. The quantitative estimate of drug-likeness (QED) is 0.606. The van der Waals surface area contributed by atoms with Gasteiger partial charge in [-0.05, 0) is 32.3 Å². The van der Waals surface area contributed by atoms with E-state index in [-0.39, 0.29) is 0 Å². The molecule has 1 aromatic rings. The van der Waals surface area contributed by atoms with Crippen molar-refractivity contribution in [2.24, 2.45) is 0 Å². The minimum absolute atomic E-state index is 0.488. The van der Waals surface area contributed by atoms with E-state index < -0.39 is 30.2 Å². The first-order valence-electron chi connectivity index (χ1n) is 6.80. The molecule has 2 amide bonds. The van der Waals surface area contributed by atoms with Crippen molar-refractivity contribution in [1.29, 1.82) is 0 Å². The van der Waals surface area contributed by atoms with Crippen molar-refractivity contribution < 1.29 is 19.8 Å². The summed E-state index contributed by atoms with van der Waals surface area (Å²) in [4.78, 5) is 22.5. The Morgan fingerprint density at radius 3 is 2.38 bits per heavy atom. The highest BCUT2D eigenvalue weighted by molar-refractivity contribution is 5.82. The molecule has 1 atom stereocenters. The van der Waals surface area contributed by atoms with Crippen molar-refractivity contribution in [3.63, 3.8) is 0 Å². The molecule has 0 heterocycles. The second kappa shape index (κ2) is 7.64. The second-order valence-electron chi connectivity index (χ2n) is 5.54. The van der Waals surface area contributed by atoms with Gasteiger partial charge in [-0.1, -0.05) is 30.3 Å². The molecule has 0 spiro atoms. The van der Waals surface area contributed by atoms with Gasteiger partial charge in [0.1, 0.15) is 0 Å². The molecule has 0 saturated heterocycles. The number of aliphatic hydroxyl groups is 1. The molecule has 21 heavy (non-hydrogen) atoms. The molecule has 6 nitrogen and oxygen atoms in total. The van der Waals surface area contributed by atoms with Gasteiger partial charge in [0.25, 0.3) is 0 Å². The second-order valence-corrected chi connectivity index (χ2v) is 5.54. The summed E-state index contributed by atoms with van der Waals surface area (Å²) in [7, 11) is 0. The third-order valence-electron chi connectivity index (χ3n) is 3.12. The minimum Gasteiger partial charge on any atom is -0.480 e. The van der Waals surface area contributed by atoms with Gasteiger partial charge in [0, 0.05) is 5.54 Å². The molecule has 1 rings (SSSR count). The van der Waals surface area contributed by atoms with Gasteiger partial charge in [-0.25, -0.2) is 9.59 Å². The SMILES string of the molecule is CC(C)(CCc1ccccc1)NC(=O)N[C@H](CO)C(=O)O. The number of carboxylic acids is 1. The van der Waals surface area contributed by atoms with E-state index in [0.29, 0.717) is 6.42 Å². The lowest BCUT2D eigenvalue weighted by molar-refractivity contribution is -0.140. The Labute approximate surface area is 124 Å². The number of aliphatic hydroxyl groups excluding tert-OH is 1. The highest BCUT2D eigenvalue weighted by atomic mass is 16.4. The number of hydrogen-bond acceptors (Lipinski definition) is 3. The van der Waals surface area contributed by atoms with Crippen LogP contribution in [0.3, 0.4) is 0 Å². The molecule has 0 bridgehead atoms. The molecule has 0 radical (unpaired) electrons. The van der Waals surface area contributed by atoms with Gasteiger partial charge >= 0.3 is 12.0 Å². The molecule has 0 aliphatic heterocycles. The molecule has 1 aromatic carbocycles. The van der Waals surface area contributed by atoms with Crippen LogP contribution in [0.2, 0.25) is 0 Å². The highest BCUT2D eigenvalue weighted by Crippen LogP contribution is 2.13. The van der Waals surface area contributed by atoms with Crippen molar-refractivity contribution in [2.75, 3.05) is 6.61 Å². The van der Waals surface area contributed by atoms with Crippen molar-refractivity contribution in [2.45, 2.75) is 38.3 Å². The van der Waals surface area contributed by atoms with Crippen molar-refractivity contribution >= 4 is 12.0 Å². The van der Waals surface area contributed by atoms with Crippen LogP contribution in [-0.2, 0) is 11.2 Å². The number of rotatable bonds is 7. The average Bonchev–Trinajstić information content (AvgIpc) is 2.43. The number of carbonyl (C=O) groups is 2. The van der Waals surface area contributed by atoms with Crippen LogP contribution in [0, 0.1) is 0 Å². The Balaban J connectivity index is 2.47. The summed E-state index contributed by atoms with van der Waals surface area (Å²) >= 11 is 0. The van der Waals surface area contributed by atoms with Crippen molar-refractivity contribution in [3.05, 3.63) is 35.9 Å². The van der Waals surface area contributed by atoms with Crippen molar-refractivity contribution in [3.8, 4) is 0 Å². The third-order valence-corrected chi connectivity index (χ3v) is 3.12. The molecule has 0 unspecified atom stereocenters. The smallest absolute Gasteiger partial charge is 0.328 e.